The van der Waals surface area contributed by atoms with Gasteiger partial charge < -0.3 is 10.5 Å². The van der Waals surface area contributed by atoms with Crippen LogP contribution in [0.2, 0.25) is 0 Å². The zero-order valence-electron chi connectivity index (χ0n) is 11.7. The highest BCUT2D eigenvalue weighted by Gasteiger charge is 2.27. The third-order valence-electron chi connectivity index (χ3n) is 3.96. The zero-order chi connectivity index (χ0) is 13.9. The summed E-state index contributed by atoms with van der Waals surface area (Å²) >= 11 is 1.86. The smallest absolute Gasteiger partial charge is 0.137 e. The molecule has 0 radical (unpaired) electrons. The van der Waals surface area contributed by atoms with Crippen LogP contribution >= 0.6 is 11.3 Å². The van der Waals surface area contributed by atoms with Crippen LogP contribution in [-0.4, -0.2) is 11.6 Å². The maximum Gasteiger partial charge on any atom is 0.137 e. The molecule has 0 saturated heterocycles. The molecule has 1 aliphatic rings. The normalized spacial score (nSPS) is 19.4. The highest BCUT2D eigenvalue weighted by atomic mass is 32.1. The largest absolute Gasteiger partial charge is 0.492 e. The van der Waals surface area contributed by atoms with Crippen molar-refractivity contribution in [3.05, 3.63) is 45.9 Å². The third kappa shape index (κ3) is 2.58. The Morgan fingerprint density at radius 1 is 1.50 bits per heavy atom. The lowest BCUT2D eigenvalue weighted by Gasteiger charge is -2.28. The number of rotatable bonds is 4. The van der Waals surface area contributed by atoms with Crippen molar-refractivity contribution in [1.29, 1.82) is 0 Å². The molecule has 2 aromatic rings. The summed E-state index contributed by atoms with van der Waals surface area (Å²) in [6.07, 6.45) is 7.20. The minimum atomic E-state index is -0.00319. The third-order valence-corrected chi connectivity index (χ3v) is 4.96. The molecule has 0 bridgehead atoms. The van der Waals surface area contributed by atoms with Gasteiger partial charge in [-0.3, -0.25) is 4.98 Å². The molecule has 0 aromatic carbocycles. The lowest BCUT2D eigenvalue weighted by atomic mass is 9.80. The van der Waals surface area contributed by atoms with Gasteiger partial charge in [-0.2, -0.15) is 0 Å². The molecule has 2 aromatic heterocycles. The van der Waals surface area contributed by atoms with Gasteiger partial charge in [0.05, 0.1) is 12.8 Å². The zero-order valence-corrected chi connectivity index (χ0v) is 12.5. The van der Waals surface area contributed by atoms with Crippen LogP contribution in [-0.2, 0) is 6.42 Å². The first kappa shape index (κ1) is 13.6. The molecule has 2 N–H and O–H groups in total. The average molecular weight is 288 g/mol. The molecule has 3 rings (SSSR count). The van der Waals surface area contributed by atoms with Crippen molar-refractivity contribution >= 4 is 11.3 Å². The van der Waals surface area contributed by atoms with Crippen LogP contribution in [0.15, 0.2) is 29.9 Å². The Hall–Kier alpha value is -1.39. The van der Waals surface area contributed by atoms with E-state index in [0.29, 0.717) is 12.5 Å². The Morgan fingerprint density at radius 3 is 3.25 bits per heavy atom. The Labute approximate surface area is 123 Å². The molecule has 4 heteroatoms. The van der Waals surface area contributed by atoms with E-state index in [9.17, 15) is 0 Å². The van der Waals surface area contributed by atoms with Crippen molar-refractivity contribution in [2.75, 3.05) is 6.61 Å². The summed E-state index contributed by atoms with van der Waals surface area (Å²) in [4.78, 5) is 5.77. The van der Waals surface area contributed by atoms with E-state index >= 15 is 0 Å². The summed E-state index contributed by atoms with van der Waals surface area (Å²) in [5.74, 6) is 1.21. The molecule has 3 nitrogen and oxygen atoms in total. The summed E-state index contributed by atoms with van der Waals surface area (Å²) in [7, 11) is 0. The van der Waals surface area contributed by atoms with E-state index in [0.717, 1.165) is 17.7 Å². The maximum atomic E-state index is 6.52. The second kappa shape index (κ2) is 5.94. The SMILES string of the molecule is CCOc1cncc(C(N)C2CCCc3sccc32)c1. The second-order valence-electron chi connectivity index (χ2n) is 5.21. The summed E-state index contributed by atoms with van der Waals surface area (Å²) in [5, 5.41) is 2.19. The summed E-state index contributed by atoms with van der Waals surface area (Å²) < 4.78 is 5.52. The van der Waals surface area contributed by atoms with Crippen molar-refractivity contribution in [3.63, 3.8) is 0 Å². The van der Waals surface area contributed by atoms with Crippen LogP contribution in [0.1, 0.15) is 47.7 Å². The first-order chi connectivity index (χ1) is 9.79. The van der Waals surface area contributed by atoms with E-state index in [1.807, 2.05) is 30.5 Å². The molecule has 1 aliphatic carbocycles. The number of pyridine rings is 1. The first-order valence-electron chi connectivity index (χ1n) is 7.19. The molecule has 20 heavy (non-hydrogen) atoms. The van der Waals surface area contributed by atoms with E-state index in [1.165, 1.54) is 23.3 Å². The Balaban J connectivity index is 1.86. The highest BCUT2D eigenvalue weighted by Crippen LogP contribution is 2.41. The van der Waals surface area contributed by atoms with E-state index < -0.39 is 0 Å². The maximum absolute atomic E-state index is 6.52. The van der Waals surface area contributed by atoms with Gasteiger partial charge in [0.1, 0.15) is 5.75 Å². The van der Waals surface area contributed by atoms with Crippen LogP contribution < -0.4 is 10.5 Å². The van der Waals surface area contributed by atoms with Gasteiger partial charge in [0, 0.05) is 23.0 Å². The fourth-order valence-corrected chi connectivity index (χ4v) is 3.99. The number of nitrogens with two attached hydrogens (primary N) is 1. The van der Waals surface area contributed by atoms with E-state index in [-0.39, 0.29) is 6.04 Å². The van der Waals surface area contributed by atoms with E-state index in [4.69, 9.17) is 10.5 Å². The number of aromatic nitrogens is 1. The number of fused-ring (bicyclic) bond motifs is 1. The topological polar surface area (TPSA) is 48.1 Å². The van der Waals surface area contributed by atoms with Crippen molar-refractivity contribution in [2.24, 2.45) is 5.73 Å². The quantitative estimate of drug-likeness (QED) is 0.934. The van der Waals surface area contributed by atoms with Gasteiger partial charge in [-0.15, -0.1) is 11.3 Å². The van der Waals surface area contributed by atoms with Gasteiger partial charge in [0.15, 0.2) is 0 Å². The van der Waals surface area contributed by atoms with Crippen molar-refractivity contribution in [2.45, 2.75) is 38.1 Å². The molecule has 0 saturated carbocycles. The second-order valence-corrected chi connectivity index (χ2v) is 6.21. The van der Waals surface area contributed by atoms with Crippen molar-refractivity contribution in [3.8, 4) is 5.75 Å². The van der Waals surface area contributed by atoms with Gasteiger partial charge in [0.25, 0.3) is 0 Å². The van der Waals surface area contributed by atoms with Crippen LogP contribution in [0.5, 0.6) is 5.75 Å². The van der Waals surface area contributed by atoms with Crippen LogP contribution in [0.4, 0.5) is 0 Å². The number of ether oxygens (including phenoxy) is 1. The minimum Gasteiger partial charge on any atom is -0.492 e. The predicted molar refractivity (Wildman–Crippen MR) is 82.3 cm³/mol. The summed E-state index contributed by atoms with van der Waals surface area (Å²) in [6.45, 7) is 2.63. The fraction of sp³-hybridized carbons (Fsp3) is 0.438. The lowest BCUT2D eigenvalue weighted by Crippen LogP contribution is -2.22. The van der Waals surface area contributed by atoms with Gasteiger partial charge in [-0.25, -0.2) is 0 Å². The van der Waals surface area contributed by atoms with E-state index in [1.54, 1.807) is 6.20 Å². The number of aryl methyl sites for hydroxylation is 1. The van der Waals surface area contributed by atoms with E-state index in [2.05, 4.69) is 16.4 Å². The van der Waals surface area contributed by atoms with Crippen LogP contribution in [0.25, 0.3) is 0 Å². The number of thiophene rings is 1. The summed E-state index contributed by atoms with van der Waals surface area (Å²) in [6, 6.07) is 4.27. The Kier molecular flexibility index (Phi) is 4.03. The number of hydrogen-bond donors (Lipinski definition) is 1. The molecule has 0 fully saturated rings. The van der Waals surface area contributed by atoms with Crippen LogP contribution in [0.3, 0.4) is 0 Å². The number of nitrogens with zero attached hydrogens (tertiary/aromatic N) is 1. The van der Waals surface area contributed by atoms with Gasteiger partial charge in [-0.05, 0) is 54.8 Å². The molecule has 2 unspecified atom stereocenters. The molecule has 2 heterocycles. The molecule has 2 atom stereocenters. The molecule has 106 valence electrons. The average Bonchev–Trinajstić information content (AvgIpc) is 2.95. The monoisotopic (exact) mass is 288 g/mol. The van der Waals surface area contributed by atoms with Gasteiger partial charge in [0.2, 0.25) is 0 Å². The predicted octanol–water partition coefficient (Wildman–Crippen LogP) is 3.66. The Morgan fingerprint density at radius 2 is 2.40 bits per heavy atom. The molecule has 0 spiro atoms. The summed E-state index contributed by atoms with van der Waals surface area (Å²) in [5.41, 5.74) is 9.03. The van der Waals surface area contributed by atoms with Crippen LogP contribution in [0, 0.1) is 0 Å². The standard InChI is InChI=1S/C16H20N2OS/c1-2-19-12-8-11(9-18-10-12)16(17)14-4-3-5-15-13(14)6-7-20-15/h6-10,14,16H,2-5,17H2,1H3. The van der Waals surface area contributed by atoms with Gasteiger partial charge >= 0.3 is 0 Å². The van der Waals surface area contributed by atoms with Gasteiger partial charge in [-0.1, -0.05) is 0 Å². The highest BCUT2D eigenvalue weighted by molar-refractivity contribution is 7.10. The minimum absolute atomic E-state index is 0.00319. The van der Waals surface area contributed by atoms with Crippen molar-refractivity contribution < 1.29 is 4.74 Å². The number of hydrogen-bond acceptors (Lipinski definition) is 4. The Bertz CT molecular complexity index is 581. The fourth-order valence-electron chi connectivity index (χ4n) is 2.99. The lowest BCUT2D eigenvalue weighted by molar-refractivity contribution is 0.337. The molecule has 0 aliphatic heterocycles. The first-order valence-corrected chi connectivity index (χ1v) is 8.07. The molecular weight excluding hydrogens is 268 g/mol. The van der Waals surface area contributed by atoms with Crippen molar-refractivity contribution in [1.82, 2.24) is 4.98 Å². The molecular formula is C16H20N2OS. The molecule has 0 amide bonds.